The van der Waals surface area contributed by atoms with Crippen LogP contribution in [0.15, 0.2) is 23.3 Å². The van der Waals surface area contributed by atoms with E-state index in [0.717, 1.165) is 51.0 Å². The van der Waals surface area contributed by atoms with Gasteiger partial charge in [0, 0.05) is 58.1 Å². The number of rotatable bonds is 8. The molecule has 6 nitrogen and oxygen atoms in total. The van der Waals surface area contributed by atoms with Gasteiger partial charge in [-0.05, 0) is 19.5 Å². The van der Waals surface area contributed by atoms with Crippen molar-refractivity contribution in [3.8, 4) is 0 Å². The number of unbranched alkanes of at least 4 members (excludes halogenated alkanes) is 3. The fourth-order valence-electron chi connectivity index (χ4n) is 3.03. The second-order valence-electron chi connectivity index (χ2n) is 6.69. The number of hydrogen-bond acceptors (Lipinski definition) is 4. The Morgan fingerprint density at radius 1 is 1.15 bits per heavy atom. The normalized spacial score (nSPS) is 15.5. The molecule has 0 radical (unpaired) electrons. The third kappa shape index (κ3) is 7.65. The summed E-state index contributed by atoms with van der Waals surface area (Å²) in [5, 5.41) is 6.83. The smallest absolute Gasteiger partial charge is 0.191 e. The van der Waals surface area contributed by atoms with Crippen molar-refractivity contribution in [3.63, 3.8) is 0 Å². The molecule has 1 aliphatic rings. The molecule has 1 saturated heterocycles. The van der Waals surface area contributed by atoms with Crippen molar-refractivity contribution in [2.45, 2.75) is 39.2 Å². The molecule has 0 bridgehead atoms. The van der Waals surface area contributed by atoms with E-state index < -0.39 is 0 Å². The quantitative estimate of drug-likeness (QED) is 0.263. The Hall–Kier alpha value is -1.09. The minimum absolute atomic E-state index is 0. The molecular weight excluding hydrogens is 439 g/mol. The third-order valence-corrected chi connectivity index (χ3v) is 4.66. The lowest BCUT2D eigenvalue weighted by atomic mass is 10.2. The number of anilines is 1. The molecule has 0 saturated carbocycles. The van der Waals surface area contributed by atoms with Crippen LogP contribution in [-0.2, 0) is 6.54 Å². The van der Waals surface area contributed by atoms with Gasteiger partial charge in [-0.3, -0.25) is 4.99 Å². The van der Waals surface area contributed by atoms with Crippen molar-refractivity contribution in [1.29, 1.82) is 0 Å². The lowest BCUT2D eigenvalue weighted by molar-refractivity contribution is 0.312. The van der Waals surface area contributed by atoms with Crippen LogP contribution in [0.25, 0.3) is 0 Å². The predicted octanol–water partition coefficient (Wildman–Crippen LogP) is 2.70. The van der Waals surface area contributed by atoms with E-state index in [4.69, 9.17) is 0 Å². The minimum atomic E-state index is 0. The van der Waals surface area contributed by atoms with Gasteiger partial charge in [0.25, 0.3) is 0 Å². The van der Waals surface area contributed by atoms with Crippen molar-refractivity contribution in [2.24, 2.45) is 4.99 Å². The molecule has 7 heteroatoms. The highest BCUT2D eigenvalue weighted by Crippen LogP contribution is 2.18. The molecule has 0 atom stereocenters. The van der Waals surface area contributed by atoms with Crippen LogP contribution in [0.1, 0.15) is 38.2 Å². The van der Waals surface area contributed by atoms with Crippen molar-refractivity contribution in [2.75, 3.05) is 51.7 Å². The van der Waals surface area contributed by atoms with Gasteiger partial charge in [-0.2, -0.15) is 0 Å². The highest BCUT2D eigenvalue weighted by Gasteiger charge is 2.17. The largest absolute Gasteiger partial charge is 0.356 e. The Balaban J connectivity index is 0.00000338. The predicted molar refractivity (Wildman–Crippen MR) is 122 cm³/mol. The van der Waals surface area contributed by atoms with Crippen LogP contribution < -0.4 is 15.5 Å². The number of aromatic nitrogens is 1. The van der Waals surface area contributed by atoms with E-state index in [2.05, 4.69) is 50.4 Å². The Morgan fingerprint density at radius 3 is 2.62 bits per heavy atom. The van der Waals surface area contributed by atoms with E-state index in [0.29, 0.717) is 0 Å². The summed E-state index contributed by atoms with van der Waals surface area (Å²) in [5.74, 6) is 1.96. The van der Waals surface area contributed by atoms with E-state index in [1.54, 1.807) is 0 Å². The molecule has 0 spiro atoms. The van der Waals surface area contributed by atoms with Gasteiger partial charge in [0.15, 0.2) is 5.96 Å². The van der Waals surface area contributed by atoms with Crippen LogP contribution in [-0.4, -0.2) is 62.7 Å². The summed E-state index contributed by atoms with van der Waals surface area (Å²) in [6.07, 6.45) is 6.92. The highest BCUT2D eigenvalue weighted by molar-refractivity contribution is 14.0. The van der Waals surface area contributed by atoms with E-state index in [1.807, 2.05) is 19.3 Å². The van der Waals surface area contributed by atoms with Crippen molar-refractivity contribution in [3.05, 3.63) is 23.9 Å². The van der Waals surface area contributed by atoms with Crippen LogP contribution in [0.4, 0.5) is 5.82 Å². The topological polar surface area (TPSA) is 55.8 Å². The minimum Gasteiger partial charge on any atom is -0.356 e. The zero-order valence-electron chi connectivity index (χ0n) is 16.5. The van der Waals surface area contributed by atoms with Crippen LogP contribution in [0.5, 0.6) is 0 Å². The van der Waals surface area contributed by atoms with E-state index in [-0.39, 0.29) is 24.0 Å². The van der Waals surface area contributed by atoms with Gasteiger partial charge in [0.2, 0.25) is 0 Å². The van der Waals surface area contributed by atoms with Gasteiger partial charge in [0.1, 0.15) is 5.82 Å². The monoisotopic (exact) mass is 474 g/mol. The van der Waals surface area contributed by atoms with Gasteiger partial charge in [-0.15, -0.1) is 24.0 Å². The van der Waals surface area contributed by atoms with Gasteiger partial charge < -0.3 is 20.4 Å². The first kappa shape index (κ1) is 23.0. The molecule has 26 heavy (non-hydrogen) atoms. The zero-order valence-corrected chi connectivity index (χ0v) is 18.8. The SMILES string of the molecule is CCCCCCNC(=NC)NCc1cccnc1N1CCN(C)CC1.I. The number of nitrogens with one attached hydrogen (secondary N) is 2. The lowest BCUT2D eigenvalue weighted by Crippen LogP contribution is -2.45. The van der Waals surface area contributed by atoms with Gasteiger partial charge in [-0.1, -0.05) is 32.3 Å². The van der Waals surface area contributed by atoms with Crippen LogP contribution >= 0.6 is 24.0 Å². The van der Waals surface area contributed by atoms with Crippen LogP contribution in [0.3, 0.4) is 0 Å². The fraction of sp³-hybridized carbons (Fsp3) is 0.684. The summed E-state index contributed by atoms with van der Waals surface area (Å²) in [6, 6.07) is 4.17. The maximum absolute atomic E-state index is 4.63. The molecule has 2 N–H and O–H groups in total. The van der Waals surface area contributed by atoms with Gasteiger partial charge in [-0.25, -0.2) is 4.98 Å². The third-order valence-electron chi connectivity index (χ3n) is 4.66. The molecule has 1 fully saturated rings. The maximum atomic E-state index is 4.63. The van der Waals surface area contributed by atoms with Gasteiger partial charge in [0.05, 0.1) is 0 Å². The first-order valence-electron chi connectivity index (χ1n) is 9.56. The lowest BCUT2D eigenvalue weighted by Gasteiger charge is -2.34. The van der Waals surface area contributed by atoms with Gasteiger partial charge >= 0.3 is 0 Å². The average molecular weight is 474 g/mol. The summed E-state index contributed by atoms with van der Waals surface area (Å²) in [4.78, 5) is 13.7. The molecule has 1 aromatic heterocycles. The molecule has 1 aromatic rings. The molecule has 0 aromatic carbocycles. The molecule has 0 amide bonds. The van der Waals surface area contributed by atoms with E-state index in [9.17, 15) is 0 Å². The first-order valence-corrected chi connectivity index (χ1v) is 9.56. The number of guanidine groups is 1. The Kier molecular flexibility index (Phi) is 11.6. The number of nitrogens with zero attached hydrogens (tertiary/aromatic N) is 4. The summed E-state index contributed by atoms with van der Waals surface area (Å²) in [6.45, 7) is 8.19. The number of halogens is 1. The second kappa shape index (κ2) is 13.1. The molecule has 148 valence electrons. The van der Waals surface area contributed by atoms with E-state index >= 15 is 0 Å². The zero-order chi connectivity index (χ0) is 17.9. The number of likely N-dealkylation sites (N-methyl/N-ethyl adjacent to an activating group) is 1. The standard InChI is InChI=1S/C19H34N6.HI/c1-4-5-6-7-10-22-19(20-2)23-16-17-9-8-11-21-18(17)25-14-12-24(3)13-15-25;/h8-9,11H,4-7,10,12-16H2,1-3H3,(H2,20,22,23);1H. The van der Waals surface area contributed by atoms with Crippen molar-refractivity contribution >= 4 is 35.8 Å². The second-order valence-corrected chi connectivity index (χ2v) is 6.69. The molecule has 0 unspecified atom stereocenters. The van der Waals surface area contributed by atoms with Crippen molar-refractivity contribution in [1.82, 2.24) is 20.5 Å². The number of piperazine rings is 1. The Morgan fingerprint density at radius 2 is 1.92 bits per heavy atom. The highest BCUT2D eigenvalue weighted by atomic mass is 127. The summed E-state index contributed by atoms with van der Waals surface area (Å²) in [5.41, 5.74) is 1.22. The van der Waals surface area contributed by atoms with Crippen molar-refractivity contribution < 1.29 is 0 Å². The molecular formula is C19H35IN6. The number of hydrogen-bond donors (Lipinski definition) is 2. The summed E-state index contributed by atoms with van der Waals surface area (Å²) in [7, 11) is 4.00. The summed E-state index contributed by atoms with van der Waals surface area (Å²) >= 11 is 0. The number of pyridine rings is 1. The fourth-order valence-corrected chi connectivity index (χ4v) is 3.03. The molecule has 2 rings (SSSR count). The first-order chi connectivity index (χ1) is 12.2. The molecule has 2 heterocycles. The number of aliphatic imine (C=N–C) groups is 1. The Bertz CT molecular complexity index is 529. The summed E-state index contributed by atoms with van der Waals surface area (Å²) < 4.78 is 0. The molecule has 1 aliphatic heterocycles. The van der Waals surface area contributed by atoms with Crippen LogP contribution in [0.2, 0.25) is 0 Å². The average Bonchev–Trinajstić information content (AvgIpc) is 2.65. The Labute approximate surface area is 175 Å². The van der Waals surface area contributed by atoms with Crippen LogP contribution in [0, 0.1) is 0 Å². The van der Waals surface area contributed by atoms with E-state index in [1.165, 1.54) is 31.2 Å². The molecule has 0 aliphatic carbocycles. The maximum Gasteiger partial charge on any atom is 0.191 e.